The number of rotatable bonds is 8. The number of piperidine rings is 1. The number of likely N-dealkylation sites (tertiary alicyclic amines) is 1. The Morgan fingerprint density at radius 3 is 2.48 bits per heavy atom. The number of benzene rings is 1. The number of methoxy groups -OCH3 is 2. The van der Waals surface area contributed by atoms with Crippen LogP contribution in [0.5, 0.6) is 11.5 Å². The van der Waals surface area contributed by atoms with Crippen molar-refractivity contribution >= 4 is 11.7 Å². The van der Waals surface area contributed by atoms with Crippen molar-refractivity contribution in [3.63, 3.8) is 0 Å². The van der Waals surface area contributed by atoms with Crippen LogP contribution in [0.3, 0.4) is 0 Å². The average Bonchev–Trinajstić information content (AvgIpc) is 3.38. The Hall–Kier alpha value is -3.26. The van der Waals surface area contributed by atoms with Crippen molar-refractivity contribution < 1.29 is 28.6 Å². The molecule has 4 rings (SSSR count). The van der Waals surface area contributed by atoms with Crippen LogP contribution >= 0.6 is 0 Å². The van der Waals surface area contributed by atoms with E-state index in [4.69, 9.17) is 13.9 Å². The fourth-order valence-electron chi connectivity index (χ4n) is 4.61. The molecule has 0 aliphatic carbocycles. The number of aliphatic hydroxyl groups is 1. The van der Waals surface area contributed by atoms with Crippen molar-refractivity contribution in [3.05, 3.63) is 58.7 Å². The Morgan fingerprint density at radius 1 is 1.09 bits per heavy atom. The van der Waals surface area contributed by atoms with Crippen LogP contribution in [0.15, 0.2) is 46.1 Å². The first kappa shape index (κ1) is 22.9. The Kier molecular flexibility index (Phi) is 6.74. The van der Waals surface area contributed by atoms with Gasteiger partial charge in [0.2, 0.25) is 5.78 Å². The summed E-state index contributed by atoms with van der Waals surface area (Å²) in [6, 6.07) is 7.62. The molecule has 1 unspecified atom stereocenters. The summed E-state index contributed by atoms with van der Waals surface area (Å²) < 4.78 is 16.5. The van der Waals surface area contributed by atoms with Crippen molar-refractivity contribution in [2.75, 3.05) is 40.4 Å². The van der Waals surface area contributed by atoms with E-state index in [1.165, 1.54) is 13.5 Å². The minimum atomic E-state index is -0.828. The highest BCUT2D eigenvalue weighted by Gasteiger charge is 2.45. The number of aliphatic hydroxyl groups excluding tert-OH is 1. The van der Waals surface area contributed by atoms with E-state index in [0.29, 0.717) is 35.9 Å². The number of carbonyl (C=O) groups is 2. The van der Waals surface area contributed by atoms with Gasteiger partial charge < -0.3 is 28.8 Å². The molecule has 1 fully saturated rings. The molecule has 1 aromatic heterocycles. The normalized spacial score (nSPS) is 19.3. The number of ether oxygens (including phenoxy) is 2. The molecule has 3 heterocycles. The zero-order valence-corrected chi connectivity index (χ0v) is 19.3. The Bertz CT molecular complexity index is 1070. The van der Waals surface area contributed by atoms with Crippen LogP contribution in [0, 0.1) is 6.92 Å². The third-order valence-electron chi connectivity index (χ3n) is 6.35. The summed E-state index contributed by atoms with van der Waals surface area (Å²) in [7, 11) is 3.08. The number of nitrogens with zero attached hydrogens (tertiary/aromatic N) is 2. The van der Waals surface area contributed by atoms with Gasteiger partial charge in [0.1, 0.15) is 17.3 Å². The van der Waals surface area contributed by atoms with Crippen LogP contribution in [0.1, 0.15) is 47.2 Å². The van der Waals surface area contributed by atoms with E-state index in [1.807, 2.05) is 0 Å². The van der Waals surface area contributed by atoms with Gasteiger partial charge in [-0.2, -0.15) is 0 Å². The number of ketones is 1. The van der Waals surface area contributed by atoms with Crippen molar-refractivity contribution in [1.82, 2.24) is 9.80 Å². The molecular formula is C25H30N2O6. The second-order valence-corrected chi connectivity index (χ2v) is 8.41. The van der Waals surface area contributed by atoms with E-state index < -0.39 is 23.5 Å². The average molecular weight is 455 g/mol. The Labute approximate surface area is 193 Å². The quantitative estimate of drug-likeness (QED) is 0.609. The number of carbonyl (C=O) groups excluding carboxylic acids is 2. The third kappa shape index (κ3) is 4.48. The largest absolute Gasteiger partial charge is 0.503 e. The smallest absolute Gasteiger partial charge is 0.290 e. The second kappa shape index (κ2) is 9.70. The van der Waals surface area contributed by atoms with Crippen molar-refractivity contribution in [2.45, 2.75) is 32.2 Å². The molecule has 1 atom stereocenters. The second-order valence-electron chi connectivity index (χ2n) is 8.41. The Morgan fingerprint density at radius 2 is 1.85 bits per heavy atom. The van der Waals surface area contributed by atoms with E-state index in [9.17, 15) is 14.7 Å². The van der Waals surface area contributed by atoms with Gasteiger partial charge in [0, 0.05) is 18.7 Å². The van der Waals surface area contributed by atoms with Crippen molar-refractivity contribution in [3.8, 4) is 11.5 Å². The van der Waals surface area contributed by atoms with Gasteiger partial charge in [-0.1, -0.05) is 6.42 Å². The molecule has 176 valence electrons. The molecule has 8 nitrogen and oxygen atoms in total. The maximum absolute atomic E-state index is 13.4. The molecule has 0 saturated carbocycles. The van der Waals surface area contributed by atoms with Crippen LogP contribution in [0.2, 0.25) is 0 Å². The molecule has 2 aliphatic rings. The van der Waals surface area contributed by atoms with Crippen LogP contribution in [-0.4, -0.2) is 67.0 Å². The first-order valence-electron chi connectivity index (χ1n) is 11.2. The maximum atomic E-state index is 13.4. The SMILES string of the molecule is COc1ccc(OC)c(C2C(C(=O)c3ccc(C)o3)=C(O)C(=O)N2CCN2CCCCC2)c1. The zero-order valence-electron chi connectivity index (χ0n) is 19.3. The number of aryl methyl sites for hydroxylation is 1. The highest BCUT2D eigenvalue weighted by Crippen LogP contribution is 2.43. The van der Waals surface area contributed by atoms with E-state index in [0.717, 1.165) is 25.9 Å². The summed E-state index contributed by atoms with van der Waals surface area (Å²) in [5.74, 6) is 0.0423. The molecular weight excluding hydrogens is 424 g/mol. The fourth-order valence-corrected chi connectivity index (χ4v) is 4.61. The number of amides is 1. The van der Waals surface area contributed by atoms with Gasteiger partial charge >= 0.3 is 0 Å². The number of Topliss-reactive ketones (excluding diaryl/α,β-unsaturated/α-hetero) is 1. The van der Waals surface area contributed by atoms with Gasteiger partial charge in [0.15, 0.2) is 11.5 Å². The maximum Gasteiger partial charge on any atom is 0.290 e. The van der Waals surface area contributed by atoms with Gasteiger partial charge in [0.25, 0.3) is 5.91 Å². The van der Waals surface area contributed by atoms with Gasteiger partial charge in [-0.15, -0.1) is 0 Å². The van der Waals surface area contributed by atoms with Crippen molar-refractivity contribution in [2.24, 2.45) is 0 Å². The molecule has 2 aliphatic heterocycles. The molecule has 1 N–H and O–H groups in total. The standard InChI is InChI=1S/C25H30N2O6/c1-16-7-9-20(33-16)23(28)21-22(18-15-17(31-2)8-10-19(18)32-3)27(25(30)24(21)29)14-13-26-11-5-4-6-12-26/h7-10,15,22,29H,4-6,11-14H2,1-3H3. The lowest BCUT2D eigenvalue weighted by atomic mass is 9.94. The predicted molar refractivity (Wildman–Crippen MR) is 122 cm³/mol. The first-order chi connectivity index (χ1) is 15.9. The van der Waals surface area contributed by atoms with E-state index in [-0.39, 0.29) is 11.3 Å². The highest BCUT2D eigenvalue weighted by molar-refractivity contribution is 6.15. The van der Waals surface area contributed by atoms with E-state index in [2.05, 4.69) is 4.90 Å². The number of furan rings is 1. The Balaban J connectivity index is 1.75. The van der Waals surface area contributed by atoms with Crippen LogP contribution in [0.4, 0.5) is 0 Å². The molecule has 2 aromatic rings. The summed E-state index contributed by atoms with van der Waals surface area (Å²) in [5.41, 5.74) is 0.555. The lowest BCUT2D eigenvalue weighted by Crippen LogP contribution is -2.40. The highest BCUT2D eigenvalue weighted by atomic mass is 16.5. The molecule has 1 amide bonds. The van der Waals surface area contributed by atoms with Crippen LogP contribution in [0.25, 0.3) is 0 Å². The van der Waals surface area contributed by atoms with E-state index in [1.54, 1.807) is 49.3 Å². The molecule has 33 heavy (non-hydrogen) atoms. The summed E-state index contributed by atoms with van der Waals surface area (Å²) in [6.45, 7) is 4.71. The van der Waals surface area contributed by atoms with Crippen LogP contribution < -0.4 is 9.47 Å². The van der Waals surface area contributed by atoms with Gasteiger partial charge in [-0.3, -0.25) is 9.59 Å². The zero-order chi connectivity index (χ0) is 23.5. The van der Waals surface area contributed by atoms with Gasteiger partial charge in [0.05, 0.1) is 25.8 Å². The first-order valence-corrected chi connectivity index (χ1v) is 11.2. The molecule has 0 bridgehead atoms. The fraction of sp³-hybridized carbons (Fsp3) is 0.440. The van der Waals surface area contributed by atoms with Gasteiger partial charge in [-0.25, -0.2) is 0 Å². The van der Waals surface area contributed by atoms with Gasteiger partial charge in [-0.05, 0) is 63.2 Å². The lowest BCUT2D eigenvalue weighted by molar-refractivity contribution is -0.129. The summed E-state index contributed by atoms with van der Waals surface area (Å²) >= 11 is 0. The third-order valence-corrected chi connectivity index (χ3v) is 6.35. The number of hydrogen-bond acceptors (Lipinski definition) is 7. The molecule has 1 aromatic carbocycles. The van der Waals surface area contributed by atoms with E-state index >= 15 is 0 Å². The number of hydrogen-bond donors (Lipinski definition) is 1. The molecule has 0 spiro atoms. The topological polar surface area (TPSA) is 92.4 Å². The predicted octanol–water partition coefficient (Wildman–Crippen LogP) is 3.67. The van der Waals surface area contributed by atoms with Crippen molar-refractivity contribution in [1.29, 1.82) is 0 Å². The minimum absolute atomic E-state index is 0.0143. The molecule has 8 heteroatoms. The summed E-state index contributed by atoms with van der Waals surface area (Å²) in [5, 5.41) is 10.9. The minimum Gasteiger partial charge on any atom is -0.503 e. The monoisotopic (exact) mass is 454 g/mol. The molecule has 1 saturated heterocycles. The summed E-state index contributed by atoms with van der Waals surface area (Å²) in [6.07, 6.45) is 3.48. The lowest BCUT2D eigenvalue weighted by Gasteiger charge is -2.32. The molecule has 0 radical (unpaired) electrons. The summed E-state index contributed by atoms with van der Waals surface area (Å²) in [4.78, 5) is 30.5. The van der Waals surface area contributed by atoms with Crippen LogP contribution in [-0.2, 0) is 4.79 Å².